The van der Waals surface area contributed by atoms with Crippen LogP contribution in [0.1, 0.15) is 31.4 Å². The number of nitrogens with two attached hydrogens (primary N) is 1. The van der Waals surface area contributed by atoms with Crippen LogP contribution in [0, 0.1) is 0 Å². The maximum Gasteiger partial charge on any atom is 0.0608 e. The fourth-order valence-corrected chi connectivity index (χ4v) is 3.54. The number of aliphatic hydroxyl groups is 1. The quantitative estimate of drug-likeness (QED) is 0.761. The van der Waals surface area contributed by atoms with Crippen LogP contribution in [0.2, 0.25) is 5.02 Å². The van der Waals surface area contributed by atoms with Crippen LogP contribution in [-0.4, -0.2) is 17.3 Å². The first-order valence-corrected chi connectivity index (χ1v) is 9.08. The van der Waals surface area contributed by atoms with Crippen LogP contribution in [0.5, 0.6) is 0 Å². The molecule has 2 rings (SSSR count). The average Bonchev–Trinajstić information content (AvgIpc) is 2.54. The zero-order chi connectivity index (χ0) is 16.9. The number of hydrogen-bond donors (Lipinski definition) is 2. The van der Waals surface area contributed by atoms with Gasteiger partial charge in [-0.1, -0.05) is 48.5 Å². The van der Waals surface area contributed by atoms with Crippen LogP contribution in [0.15, 0.2) is 52.3 Å². The van der Waals surface area contributed by atoms with Crippen LogP contribution in [-0.2, 0) is 12.8 Å². The maximum atomic E-state index is 9.23. The fraction of sp³-hybridized carbons (Fsp3) is 0.368. The number of aryl methyl sites for hydroxylation is 2. The fourth-order valence-electron chi connectivity index (χ4n) is 2.26. The summed E-state index contributed by atoms with van der Waals surface area (Å²) < 4.78 is 0. The highest BCUT2D eigenvalue weighted by Crippen LogP contribution is 2.32. The molecule has 0 heterocycles. The Morgan fingerprint density at radius 1 is 1.17 bits per heavy atom. The minimum Gasteiger partial charge on any atom is -0.394 e. The van der Waals surface area contributed by atoms with Crippen molar-refractivity contribution in [2.24, 2.45) is 5.73 Å². The topological polar surface area (TPSA) is 46.2 Å². The van der Waals surface area contributed by atoms with Gasteiger partial charge in [0.2, 0.25) is 0 Å². The van der Waals surface area contributed by atoms with E-state index >= 15 is 0 Å². The number of hydrogen-bond acceptors (Lipinski definition) is 3. The van der Waals surface area contributed by atoms with E-state index < -0.39 is 5.54 Å². The van der Waals surface area contributed by atoms with Crippen molar-refractivity contribution in [1.29, 1.82) is 0 Å². The van der Waals surface area contributed by atoms with Crippen LogP contribution in [0.3, 0.4) is 0 Å². The van der Waals surface area contributed by atoms with Gasteiger partial charge in [0.25, 0.3) is 0 Å². The number of halogens is 1. The molecule has 2 nitrogen and oxygen atoms in total. The Bertz CT molecular complexity index is 658. The zero-order valence-corrected chi connectivity index (χ0v) is 15.3. The zero-order valence-electron chi connectivity index (χ0n) is 13.7. The Kier molecular flexibility index (Phi) is 6.54. The van der Waals surface area contributed by atoms with Gasteiger partial charge in [-0.05, 0) is 61.6 Å². The van der Waals surface area contributed by atoms with Crippen LogP contribution in [0.4, 0.5) is 0 Å². The second-order valence-corrected chi connectivity index (χ2v) is 7.72. The van der Waals surface area contributed by atoms with E-state index in [0.29, 0.717) is 6.42 Å². The molecule has 3 N–H and O–H groups in total. The molecule has 1 unspecified atom stereocenters. The second kappa shape index (κ2) is 8.20. The van der Waals surface area contributed by atoms with E-state index in [4.69, 9.17) is 17.3 Å². The lowest BCUT2D eigenvalue weighted by atomic mass is 9.95. The van der Waals surface area contributed by atoms with E-state index in [1.807, 2.05) is 13.0 Å². The first kappa shape index (κ1) is 18.3. The van der Waals surface area contributed by atoms with Gasteiger partial charge in [0, 0.05) is 20.4 Å². The monoisotopic (exact) mass is 349 g/mol. The van der Waals surface area contributed by atoms with Crippen LogP contribution in [0.25, 0.3) is 0 Å². The molecule has 0 radical (unpaired) electrons. The largest absolute Gasteiger partial charge is 0.394 e. The Labute approximate surface area is 148 Å². The lowest BCUT2D eigenvalue weighted by Crippen LogP contribution is -2.40. The SMILES string of the molecule is CCc1cccc(Sc2ccc(CCC(C)(N)CO)c(Cl)c2)c1. The summed E-state index contributed by atoms with van der Waals surface area (Å²) in [7, 11) is 0. The van der Waals surface area contributed by atoms with Crippen LogP contribution >= 0.6 is 23.4 Å². The predicted octanol–water partition coefficient (Wildman–Crippen LogP) is 4.70. The van der Waals surface area contributed by atoms with Crippen molar-refractivity contribution in [2.45, 2.75) is 48.4 Å². The van der Waals surface area contributed by atoms with E-state index in [1.54, 1.807) is 11.8 Å². The van der Waals surface area contributed by atoms with Gasteiger partial charge in [0.05, 0.1) is 6.61 Å². The van der Waals surface area contributed by atoms with Gasteiger partial charge < -0.3 is 10.8 Å². The molecule has 4 heteroatoms. The molecule has 0 aliphatic carbocycles. The molecule has 0 amide bonds. The predicted molar refractivity (Wildman–Crippen MR) is 99.4 cm³/mol. The Morgan fingerprint density at radius 2 is 1.91 bits per heavy atom. The molecule has 0 bridgehead atoms. The van der Waals surface area contributed by atoms with Gasteiger partial charge >= 0.3 is 0 Å². The molecule has 23 heavy (non-hydrogen) atoms. The molecule has 0 aromatic heterocycles. The summed E-state index contributed by atoms with van der Waals surface area (Å²) in [6.07, 6.45) is 2.51. The third-order valence-electron chi connectivity index (χ3n) is 3.89. The van der Waals surface area contributed by atoms with Gasteiger partial charge in [-0.3, -0.25) is 0 Å². The highest BCUT2D eigenvalue weighted by atomic mass is 35.5. The van der Waals surface area contributed by atoms with Crippen molar-refractivity contribution in [1.82, 2.24) is 0 Å². The van der Waals surface area contributed by atoms with Crippen molar-refractivity contribution in [3.8, 4) is 0 Å². The van der Waals surface area contributed by atoms with Crippen LogP contribution < -0.4 is 5.73 Å². The molecule has 0 fully saturated rings. The van der Waals surface area contributed by atoms with Gasteiger partial charge in [0.15, 0.2) is 0 Å². The average molecular weight is 350 g/mol. The van der Waals surface area contributed by atoms with Crippen molar-refractivity contribution in [2.75, 3.05) is 6.61 Å². The van der Waals surface area contributed by atoms with Gasteiger partial charge in [-0.15, -0.1) is 0 Å². The van der Waals surface area contributed by atoms with Crippen molar-refractivity contribution in [3.05, 3.63) is 58.6 Å². The minimum absolute atomic E-state index is 0.0215. The Morgan fingerprint density at radius 3 is 2.57 bits per heavy atom. The molecule has 1 atom stereocenters. The molecular formula is C19H24ClNOS. The van der Waals surface area contributed by atoms with Crippen molar-refractivity contribution in [3.63, 3.8) is 0 Å². The molecule has 2 aromatic rings. The highest BCUT2D eigenvalue weighted by Gasteiger charge is 2.17. The third kappa shape index (κ3) is 5.54. The Hall–Kier alpha value is -1.00. The van der Waals surface area contributed by atoms with E-state index in [-0.39, 0.29) is 6.61 Å². The lowest BCUT2D eigenvalue weighted by molar-refractivity contribution is 0.200. The molecule has 2 aromatic carbocycles. The standard InChI is InChI=1S/C19H24ClNOS/c1-3-14-5-4-6-16(11-14)23-17-8-7-15(18(20)12-17)9-10-19(2,21)13-22/h4-8,11-12,22H,3,9-10,13,21H2,1-2H3. The van der Waals surface area contributed by atoms with Gasteiger partial charge in [-0.2, -0.15) is 0 Å². The molecule has 124 valence electrons. The molecule has 0 spiro atoms. The summed E-state index contributed by atoms with van der Waals surface area (Å²) in [6, 6.07) is 14.7. The molecule has 0 aliphatic rings. The summed E-state index contributed by atoms with van der Waals surface area (Å²) in [5.41, 5.74) is 7.83. The molecule has 0 saturated heterocycles. The molecule has 0 saturated carbocycles. The Balaban J connectivity index is 2.06. The third-order valence-corrected chi connectivity index (χ3v) is 5.22. The summed E-state index contributed by atoms with van der Waals surface area (Å²) in [5, 5.41) is 9.99. The first-order chi connectivity index (χ1) is 10.9. The van der Waals surface area contributed by atoms with Gasteiger partial charge in [-0.25, -0.2) is 0 Å². The second-order valence-electron chi connectivity index (χ2n) is 6.17. The van der Waals surface area contributed by atoms with Gasteiger partial charge in [0.1, 0.15) is 0 Å². The number of rotatable bonds is 7. The van der Waals surface area contributed by atoms with Crippen molar-refractivity contribution < 1.29 is 5.11 Å². The summed E-state index contributed by atoms with van der Waals surface area (Å²) in [4.78, 5) is 2.35. The summed E-state index contributed by atoms with van der Waals surface area (Å²) >= 11 is 8.13. The first-order valence-electron chi connectivity index (χ1n) is 7.88. The molecule has 0 aliphatic heterocycles. The summed E-state index contributed by atoms with van der Waals surface area (Å²) in [5.74, 6) is 0. The highest BCUT2D eigenvalue weighted by molar-refractivity contribution is 7.99. The molecular weight excluding hydrogens is 326 g/mol. The smallest absolute Gasteiger partial charge is 0.0608 e. The lowest BCUT2D eigenvalue weighted by Gasteiger charge is -2.21. The number of benzene rings is 2. The van der Waals surface area contributed by atoms with E-state index in [9.17, 15) is 5.11 Å². The van der Waals surface area contributed by atoms with Crippen molar-refractivity contribution >= 4 is 23.4 Å². The maximum absolute atomic E-state index is 9.23. The van der Waals surface area contributed by atoms with E-state index in [2.05, 4.69) is 43.3 Å². The number of aliphatic hydroxyl groups excluding tert-OH is 1. The van der Waals surface area contributed by atoms with E-state index in [0.717, 1.165) is 28.3 Å². The summed E-state index contributed by atoms with van der Waals surface area (Å²) in [6.45, 7) is 3.99. The minimum atomic E-state index is -0.558. The normalized spacial score (nSPS) is 13.8. The van der Waals surface area contributed by atoms with E-state index in [1.165, 1.54) is 10.5 Å².